The monoisotopic (exact) mass is 267 g/mol. The quantitative estimate of drug-likeness (QED) is 0.868. The number of likely N-dealkylation sites (N-methyl/N-ethyl adjacent to an activating group) is 1. The molecule has 2 N–H and O–H groups in total. The zero-order valence-electron chi connectivity index (χ0n) is 11.4. The highest BCUT2D eigenvalue weighted by molar-refractivity contribution is 6.02. The van der Waals surface area contributed by atoms with E-state index in [1.165, 1.54) is 0 Å². The number of rotatable bonds is 3. The molecule has 0 atom stereocenters. The highest BCUT2D eigenvalue weighted by Crippen LogP contribution is 2.50. The molecule has 1 saturated carbocycles. The molecule has 0 spiro atoms. The van der Waals surface area contributed by atoms with Gasteiger partial charge in [-0.2, -0.15) is 0 Å². The van der Waals surface area contributed by atoms with E-state index < -0.39 is 0 Å². The van der Waals surface area contributed by atoms with Crippen LogP contribution in [0.15, 0.2) is 48.8 Å². The lowest BCUT2D eigenvalue weighted by Crippen LogP contribution is -2.36. The summed E-state index contributed by atoms with van der Waals surface area (Å²) in [5.41, 5.74) is 7.99. The Morgan fingerprint density at radius 1 is 1.15 bits per heavy atom. The minimum Gasteiger partial charge on any atom is -0.399 e. The van der Waals surface area contributed by atoms with Gasteiger partial charge in [-0.25, -0.2) is 0 Å². The Labute approximate surface area is 118 Å². The zero-order chi connectivity index (χ0) is 14.2. The number of nitrogen functional groups attached to an aromatic ring is 1. The number of hydrogen-bond acceptors (Lipinski definition) is 3. The van der Waals surface area contributed by atoms with Crippen LogP contribution in [0.4, 0.5) is 11.4 Å². The Balaban J connectivity index is 1.88. The van der Waals surface area contributed by atoms with Gasteiger partial charge in [0.25, 0.3) is 0 Å². The number of amides is 1. The molecule has 1 aliphatic carbocycles. The molecular weight excluding hydrogens is 250 g/mol. The van der Waals surface area contributed by atoms with Gasteiger partial charge in [0.15, 0.2) is 0 Å². The van der Waals surface area contributed by atoms with E-state index in [-0.39, 0.29) is 11.3 Å². The first kappa shape index (κ1) is 12.7. The summed E-state index contributed by atoms with van der Waals surface area (Å²) in [5.74, 6) is 0.133. The lowest BCUT2D eigenvalue weighted by atomic mass is 9.94. The third kappa shape index (κ3) is 2.03. The summed E-state index contributed by atoms with van der Waals surface area (Å²) in [6.07, 6.45) is 5.18. The number of pyridine rings is 1. The normalized spacial score (nSPS) is 15.7. The number of carbonyl (C=O) groups excluding carboxylic acids is 1. The van der Waals surface area contributed by atoms with E-state index in [1.807, 2.05) is 43.4 Å². The fourth-order valence-electron chi connectivity index (χ4n) is 2.56. The Bertz CT molecular complexity index is 618. The van der Waals surface area contributed by atoms with Crippen molar-refractivity contribution in [2.45, 2.75) is 18.3 Å². The van der Waals surface area contributed by atoms with Gasteiger partial charge in [-0.05, 0) is 42.7 Å². The molecule has 0 saturated heterocycles. The van der Waals surface area contributed by atoms with Crippen molar-refractivity contribution < 1.29 is 4.79 Å². The SMILES string of the molecule is CN(C(=O)C1(c2ccc(N)cc2)CC1)c1ccncc1. The van der Waals surface area contributed by atoms with Crippen LogP contribution in [0.2, 0.25) is 0 Å². The van der Waals surface area contributed by atoms with Crippen molar-refractivity contribution in [1.29, 1.82) is 0 Å². The third-order valence-corrected chi connectivity index (χ3v) is 3.98. The molecule has 1 heterocycles. The molecule has 0 aliphatic heterocycles. The Morgan fingerprint density at radius 2 is 1.75 bits per heavy atom. The van der Waals surface area contributed by atoms with Gasteiger partial charge in [0.1, 0.15) is 0 Å². The van der Waals surface area contributed by atoms with Crippen molar-refractivity contribution in [2.24, 2.45) is 0 Å². The number of benzene rings is 1. The van der Waals surface area contributed by atoms with Crippen LogP contribution in [0.25, 0.3) is 0 Å². The largest absolute Gasteiger partial charge is 0.399 e. The molecule has 1 amide bonds. The molecule has 3 rings (SSSR count). The minimum absolute atomic E-state index is 0.133. The van der Waals surface area contributed by atoms with E-state index in [0.29, 0.717) is 0 Å². The summed E-state index contributed by atoms with van der Waals surface area (Å²) >= 11 is 0. The fourth-order valence-corrected chi connectivity index (χ4v) is 2.56. The van der Waals surface area contributed by atoms with Gasteiger partial charge in [-0.1, -0.05) is 12.1 Å². The molecule has 1 fully saturated rings. The molecule has 0 unspecified atom stereocenters. The van der Waals surface area contributed by atoms with Crippen molar-refractivity contribution in [2.75, 3.05) is 17.7 Å². The average molecular weight is 267 g/mol. The maximum Gasteiger partial charge on any atom is 0.237 e. The molecule has 0 bridgehead atoms. The maximum absolute atomic E-state index is 12.8. The first-order valence-electron chi connectivity index (χ1n) is 6.68. The molecule has 2 aromatic rings. The van der Waals surface area contributed by atoms with Crippen molar-refractivity contribution in [1.82, 2.24) is 4.98 Å². The summed E-state index contributed by atoms with van der Waals surface area (Å²) in [4.78, 5) is 18.5. The van der Waals surface area contributed by atoms with E-state index in [4.69, 9.17) is 5.73 Å². The molecule has 102 valence electrons. The van der Waals surface area contributed by atoms with Gasteiger partial charge >= 0.3 is 0 Å². The third-order valence-electron chi connectivity index (χ3n) is 3.98. The number of nitrogens with two attached hydrogens (primary N) is 1. The minimum atomic E-state index is -0.369. The first-order valence-corrected chi connectivity index (χ1v) is 6.68. The molecule has 4 heteroatoms. The smallest absolute Gasteiger partial charge is 0.237 e. The summed E-state index contributed by atoms with van der Waals surface area (Å²) in [6, 6.07) is 11.3. The summed E-state index contributed by atoms with van der Waals surface area (Å²) in [6.45, 7) is 0. The summed E-state index contributed by atoms with van der Waals surface area (Å²) in [5, 5.41) is 0. The molecule has 1 aliphatic rings. The van der Waals surface area contributed by atoms with Gasteiger partial charge < -0.3 is 10.6 Å². The summed E-state index contributed by atoms with van der Waals surface area (Å²) in [7, 11) is 1.81. The Kier molecular flexibility index (Phi) is 2.93. The van der Waals surface area contributed by atoms with E-state index in [1.54, 1.807) is 17.3 Å². The Morgan fingerprint density at radius 3 is 2.30 bits per heavy atom. The second-order valence-electron chi connectivity index (χ2n) is 5.27. The van der Waals surface area contributed by atoms with Crippen molar-refractivity contribution in [3.8, 4) is 0 Å². The van der Waals surface area contributed by atoms with E-state index in [2.05, 4.69) is 4.98 Å². The molecular formula is C16H17N3O. The van der Waals surface area contributed by atoms with Crippen molar-refractivity contribution in [3.05, 3.63) is 54.4 Å². The first-order chi connectivity index (χ1) is 9.63. The van der Waals surface area contributed by atoms with Crippen LogP contribution in [0, 0.1) is 0 Å². The zero-order valence-corrected chi connectivity index (χ0v) is 11.4. The maximum atomic E-state index is 12.8. The lowest BCUT2D eigenvalue weighted by molar-refractivity contribution is -0.120. The second kappa shape index (κ2) is 4.63. The topological polar surface area (TPSA) is 59.2 Å². The van der Waals surface area contributed by atoms with Crippen LogP contribution in [0.5, 0.6) is 0 Å². The van der Waals surface area contributed by atoms with Crippen molar-refractivity contribution in [3.63, 3.8) is 0 Å². The average Bonchev–Trinajstić information content (AvgIpc) is 3.29. The standard InChI is InChI=1S/C16H17N3O/c1-19(14-6-10-18-11-7-14)15(20)16(8-9-16)12-2-4-13(17)5-3-12/h2-7,10-11H,8-9,17H2,1H3. The van der Waals surface area contributed by atoms with Crippen LogP contribution in [-0.4, -0.2) is 17.9 Å². The van der Waals surface area contributed by atoms with Gasteiger partial charge in [0.05, 0.1) is 5.41 Å². The van der Waals surface area contributed by atoms with Crippen LogP contribution in [0.3, 0.4) is 0 Å². The lowest BCUT2D eigenvalue weighted by Gasteiger charge is -2.24. The number of nitrogens with zero attached hydrogens (tertiary/aromatic N) is 2. The second-order valence-corrected chi connectivity index (χ2v) is 5.27. The predicted octanol–water partition coefficient (Wildman–Crippen LogP) is 2.36. The van der Waals surface area contributed by atoms with Gasteiger partial charge in [-0.15, -0.1) is 0 Å². The number of aromatic nitrogens is 1. The van der Waals surface area contributed by atoms with E-state index in [9.17, 15) is 4.79 Å². The predicted molar refractivity (Wildman–Crippen MR) is 79.4 cm³/mol. The van der Waals surface area contributed by atoms with Gasteiger partial charge in [-0.3, -0.25) is 9.78 Å². The van der Waals surface area contributed by atoms with Gasteiger partial charge in [0, 0.05) is 30.8 Å². The van der Waals surface area contributed by atoms with Crippen LogP contribution < -0.4 is 10.6 Å². The van der Waals surface area contributed by atoms with E-state index in [0.717, 1.165) is 29.8 Å². The molecule has 0 radical (unpaired) electrons. The van der Waals surface area contributed by atoms with Crippen molar-refractivity contribution >= 4 is 17.3 Å². The molecule has 20 heavy (non-hydrogen) atoms. The molecule has 4 nitrogen and oxygen atoms in total. The van der Waals surface area contributed by atoms with Crippen LogP contribution >= 0.6 is 0 Å². The van der Waals surface area contributed by atoms with Crippen LogP contribution in [-0.2, 0) is 10.2 Å². The number of carbonyl (C=O) groups is 1. The summed E-state index contributed by atoms with van der Waals surface area (Å²) < 4.78 is 0. The fraction of sp³-hybridized carbons (Fsp3) is 0.250. The highest BCUT2D eigenvalue weighted by Gasteiger charge is 2.52. The van der Waals surface area contributed by atoms with E-state index >= 15 is 0 Å². The molecule has 1 aromatic carbocycles. The van der Waals surface area contributed by atoms with Crippen LogP contribution in [0.1, 0.15) is 18.4 Å². The molecule has 1 aromatic heterocycles. The highest BCUT2D eigenvalue weighted by atomic mass is 16.2. The van der Waals surface area contributed by atoms with Gasteiger partial charge in [0.2, 0.25) is 5.91 Å². The Hall–Kier alpha value is -2.36. The number of hydrogen-bond donors (Lipinski definition) is 1. The number of anilines is 2.